The largest absolute Gasteiger partial charge is 0.454 e. The molecule has 1 amide bonds. The van der Waals surface area contributed by atoms with E-state index < -0.39 is 18.4 Å². The van der Waals surface area contributed by atoms with Gasteiger partial charge in [-0.1, -0.05) is 35.3 Å². The van der Waals surface area contributed by atoms with Crippen molar-refractivity contribution in [2.75, 3.05) is 18.1 Å². The van der Waals surface area contributed by atoms with Crippen LogP contribution in [0, 0.1) is 0 Å². The van der Waals surface area contributed by atoms with E-state index in [4.69, 9.17) is 27.9 Å². The van der Waals surface area contributed by atoms with E-state index in [2.05, 4.69) is 0 Å². The molecule has 0 spiro atoms. The molecule has 0 aliphatic carbocycles. The van der Waals surface area contributed by atoms with Crippen molar-refractivity contribution >= 4 is 46.5 Å². The van der Waals surface area contributed by atoms with Gasteiger partial charge in [-0.25, -0.2) is 4.79 Å². The Morgan fingerprint density at radius 3 is 2.54 bits per heavy atom. The Labute approximate surface area is 160 Å². The first-order valence-corrected chi connectivity index (χ1v) is 8.77. The van der Waals surface area contributed by atoms with Gasteiger partial charge in [0, 0.05) is 18.5 Å². The van der Waals surface area contributed by atoms with Crippen molar-refractivity contribution in [3.63, 3.8) is 0 Å². The van der Waals surface area contributed by atoms with Gasteiger partial charge in [-0.05, 0) is 36.8 Å². The Hall–Kier alpha value is -2.37. The summed E-state index contributed by atoms with van der Waals surface area (Å²) in [5, 5.41) is 0.589. The third kappa shape index (κ3) is 3.89. The maximum atomic E-state index is 12.4. The fourth-order valence-electron chi connectivity index (χ4n) is 2.75. The summed E-state index contributed by atoms with van der Waals surface area (Å²) in [7, 11) is 0. The van der Waals surface area contributed by atoms with Crippen LogP contribution in [0.4, 0.5) is 5.69 Å². The second kappa shape index (κ2) is 7.89. The van der Waals surface area contributed by atoms with Crippen LogP contribution in [0.1, 0.15) is 33.6 Å². The molecule has 26 heavy (non-hydrogen) atoms. The van der Waals surface area contributed by atoms with E-state index in [9.17, 15) is 14.4 Å². The Kier molecular flexibility index (Phi) is 5.59. The molecule has 2 aromatic carbocycles. The highest BCUT2D eigenvalue weighted by Gasteiger charge is 2.26. The van der Waals surface area contributed by atoms with Crippen LogP contribution < -0.4 is 4.90 Å². The van der Waals surface area contributed by atoms with Gasteiger partial charge < -0.3 is 9.64 Å². The number of hydrogen-bond donors (Lipinski definition) is 0. The predicted molar refractivity (Wildman–Crippen MR) is 99.1 cm³/mol. The van der Waals surface area contributed by atoms with Gasteiger partial charge in [-0.2, -0.15) is 0 Å². The van der Waals surface area contributed by atoms with E-state index in [1.54, 1.807) is 29.2 Å². The van der Waals surface area contributed by atoms with Crippen molar-refractivity contribution in [3.8, 4) is 0 Å². The maximum absolute atomic E-state index is 12.4. The number of Topliss-reactive ketones (excluding diaryl/α,β-unsaturated/α-hetero) is 1. The molecule has 3 rings (SSSR count). The number of carbonyl (C=O) groups is 3. The molecule has 134 valence electrons. The molecule has 1 saturated heterocycles. The molecule has 0 unspecified atom stereocenters. The SMILES string of the molecule is O=C(COC(=O)c1ccccc1N1CCCC1=O)c1ccc(Cl)c(Cl)c1. The molecule has 1 fully saturated rings. The molecule has 0 radical (unpaired) electrons. The van der Waals surface area contributed by atoms with Gasteiger partial charge in [0.15, 0.2) is 12.4 Å². The third-order valence-electron chi connectivity index (χ3n) is 4.06. The minimum Gasteiger partial charge on any atom is -0.454 e. The second-order valence-corrected chi connectivity index (χ2v) is 6.61. The Morgan fingerprint density at radius 1 is 1.08 bits per heavy atom. The zero-order valence-electron chi connectivity index (χ0n) is 13.7. The number of rotatable bonds is 5. The molecular formula is C19H15Cl2NO4. The van der Waals surface area contributed by atoms with Gasteiger partial charge >= 0.3 is 5.97 Å². The summed E-state index contributed by atoms with van der Waals surface area (Å²) in [6.07, 6.45) is 1.21. The van der Waals surface area contributed by atoms with Crippen LogP contribution in [0.3, 0.4) is 0 Å². The summed E-state index contributed by atoms with van der Waals surface area (Å²) in [6, 6.07) is 11.2. The van der Waals surface area contributed by atoms with E-state index in [1.165, 1.54) is 18.2 Å². The zero-order chi connectivity index (χ0) is 18.7. The van der Waals surface area contributed by atoms with Crippen molar-refractivity contribution in [1.29, 1.82) is 0 Å². The smallest absolute Gasteiger partial charge is 0.340 e. The number of halogens is 2. The van der Waals surface area contributed by atoms with E-state index >= 15 is 0 Å². The van der Waals surface area contributed by atoms with Gasteiger partial charge in [0.25, 0.3) is 0 Å². The van der Waals surface area contributed by atoms with Gasteiger partial charge in [0.2, 0.25) is 5.91 Å². The van der Waals surface area contributed by atoms with Crippen LogP contribution in [0.2, 0.25) is 10.0 Å². The second-order valence-electron chi connectivity index (χ2n) is 5.79. The molecule has 1 aliphatic heterocycles. The number of ether oxygens (including phenoxy) is 1. The lowest BCUT2D eigenvalue weighted by atomic mass is 10.1. The maximum Gasteiger partial charge on any atom is 0.340 e. The van der Waals surface area contributed by atoms with Crippen molar-refractivity contribution < 1.29 is 19.1 Å². The lowest BCUT2D eigenvalue weighted by molar-refractivity contribution is -0.117. The minimum absolute atomic E-state index is 0.0304. The number of benzene rings is 2. The molecule has 1 aliphatic rings. The molecule has 0 saturated carbocycles. The van der Waals surface area contributed by atoms with Crippen LogP contribution in [-0.2, 0) is 9.53 Å². The van der Waals surface area contributed by atoms with Crippen molar-refractivity contribution in [2.24, 2.45) is 0 Å². The third-order valence-corrected chi connectivity index (χ3v) is 4.80. The van der Waals surface area contributed by atoms with Crippen LogP contribution in [0.5, 0.6) is 0 Å². The summed E-state index contributed by atoms with van der Waals surface area (Å²) in [6.45, 7) is 0.129. The van der Waals surface area contributed by atoms with Crippen LogP contribution in [0.15, 0.2) is 42.5 Å². The molecule has 0 N–H and O–H groups in total. The topological polar surface area (TPSA) is 63.7 Å². The van der Waals surface area contributed by atoms with Crippen LogP contribution >= 0.6 is 23.2 Å². The molecular weight excluding hydrogens is 377 g/mol. The minimum atomic E-state index is -0.659. The number of nitrogens with zero attached hydrogens (tertiary/aromatic N) is 1. The van der Waals surface area contributed by atoms with E-state index in [1.807, 2.05) is 0 Å². The summed E-state index contributed by atoms with van der Waals surface area (Å²) >= 11 is 11.7. The zero-order valence-corrected chi connectivity index (χ0v) is 15.2. The summed E-state index contributed by atoms with van der Waals surface area (Å²) in [5.41, 5.74) is 1.06. The molecule has 1 heterocycles. The highest BCUT2D eigenvalue weighted by molar-refractivity contribution is 6.42. The first-order valence-electron chi connectivity index (χ1n) is 8.02. The van der Waals surface area contributed by atoms with Gasteiger partial charge in [-0.15, -0.1) is 0 Å². The van der Waals surface area contributed by atoms with E-state index in [-0.39, 0.29) is 16.5 Å². The van der Waals surface area contributed by atoms with Crippen LogP contribution in [0.25, 0.3) is 0 Å². The number of hydrogen-bond acceptors (Lipinski definition) is 4. The standard InChI is InChI=1S/C19H15Cl2NO4/c20-14-8-7-12(10-15(14)21)17(23)11-26-19(25)13-4-1-2-5-16(13)22-9-3-6-18(22)24/h1-2,4-5,7-8,10H,3,6,9,11H2. The Morgan fingerprint density at radius 2 is 1.85 bits per heavy atom. The number of esters is 1. The number of ketones is 1. The fourth-order valence-corrected chi connectivity index (χ4v) is 3.04. The van der Waals surface area contributed by atoms with E-state index in [0.29, 0.717) is 29.2 Å². The molecule has 7 heteroatoms. The van der Waals surface area contributed by atoms with Crippen molar-refractivity contribution in [1.82, 2.24) is 0 Å². The van der Waals surface area contributed by atoms with Crippen LogP contribution in [-0.4, -0.2) is 30.8 Å². The average molecular weight is 392 g/mol. The highest BCUT2D eigenvalue weighted by atomic mass is 35.5. The van der Waals surface area contributed by atoms with Crippen molar-refractivity contribution in [3.05, 3.63) is 63.6 Å². The van der Waals surface area contributed by atoms with Gasteiger partial charge in [0.05, 0.1) is 21.3 Å². The number of anilines is 1. The monoisotopic (exact) mass is 391 g/mol. The van der Waals surface area contributed by atoms with E-state index in [0.717, 1.165) is 6.42 Å². The number of amides is 1. The molecule has 5 nitrogen and oxygen atoms in total. The quantitative estimate of drug-likeness (QED) is 0.566. The van der Waals surface area contributed by atoms with Gasteiger partial charge in [0.1, 0.15) is 0 Å². The van der Waals surface area contributed by atoms with Crippen molar-refractivity contribution in [2.45, 2.75) is 12.8 Å². The molecule has 0 bridgehead atoms. The summed E-state index contributed by atoms with van der Waals surface area (Å²) in [5.74, 6) is -1.09. The molecule has 0 aromatic heterocycles. The predicted octanol–water partition coefficient (Wildman–Crippen LogP) is 4.16. The normalized spacial score (nSPS) is 13.8. The lowest BCUT2D eigenvalue weighted by Crippen LogP contribution is -2.26. The first kappa shape index (κ1) is 18.4. The first-order chi connectivity index (χ1) is 12.5. The lowest BCUT2D eigenvalue weighted by Gasteiger charge is -2.18. The molecule has 0 atom stereocenters. The fraction of sp³-hybridized carbons (Fsp3) is 0.211. The summed E-state index contributed by atoms with van der Waals surface area (Å²) < 4.78 is 5.15. The number of para-hydroxylation sites is 1. The Bertz CT molecular complexity index is 882. The van der Waals surface area contributed by atoms with Gasteiger partial charge in [-0.3, -0.25) is 9.59 Å². The Balaban J connectivity index is 1.71. The number of carbonyl (C=O) groups excluding carboxylic acids is 3. The summed E-state index contributed by atoms with van der Waals surface area (Å²) in [4.78, 5) is 38.1. The highest BCUT2D eigenvalue weighted by Crippen LogP contribution is 2.26. The average Bonchev–Trinajstić information content (AvgIpc) is 3.07. The molecule has 2 aromatic rings.